The lowest BCUT2D eigenvalue weighted by Crippen LogP contribution is -2.22. The SMILES string of the molecule is COC(=O)Cn1c(O)c(CCCSC#N)[nH]c1=O. The molecule has 0 aliphatic carbocycles. The molecule has 0 amide bonds. The van der Waals surface area contributed by atoms with Gasteiger partial charge in [0.1, 0.15) is 11.9 Å². The van der Waals surface area contributed by atoms with Crippen LogP contribution in [0.3, 0.4) is 0 Å². The Bertz CT molecular complexity index is 514. The fraction of sp³-hybridized carbons (Fsp3) is 0.500. The number of hydrogen-bond acceptors (Lipinski definition) is 6. The van der Waals surface area contributed by atoms with Crippen LogP contribution < -0.4 is 5.69 Å². The molecule has 0 atom stereocenters. The Balaban J connectivity index is 2.72. The van der Waals surface area contributed by atoms with Crippen molar-refractivity contribution in [1.29, 1.82) is 5.26 Å². The number of aryl methyl sites for hydroxylation is 1. The molecule has 0 aliphatic heterocycles. The second kappa shape index (κ2) is 6.76. The van der Waals surface area contributed by atoms with Crippen LogP contribution in [0, 0.1) is 10.7 Å². The van der Waals surface area contributed by atoms with Crippen molar-refractivity contribution in [3.05, 3.63) is 16.2 Å². The molecule has 0 spiro atoms. The Hall–Kier alpha value is -1.88. The molecule has 0 unspecified atom stereocenters. The Morgan fingerprint density at radius 2 is 2.39 bits per heavy atom. The van der Waals surface area contributed by atoms with Crippen molar-refractivity contribution in [2.75, 3.05) is 12.9 Å². The Kier molecular flexibility index (Phi) is 5.32. The Morgan fingerprint density at radius 3 is 3.00 bits per heavy atom. The topological polar surface area (TPSA) is 108 Å². The third-order valence-electron chi connectivity index (χ3n) is 2.28. The number of nitrogens with one attached hydrogen (secondary N) is 1. The van der Waals surface area contributed by atoms with Gasteiger partial charge in [-0.05, 0) is 24.6 Å². The van der Waals surface area contributed by atoms with Crippen molar-refractivity contribution in [1.82, 2.24) is 9.55 Å². The lowest BCUT2D eigenvalue weighted by molar-refractivity contribution is -0.141. The zero-order chi connectivity index (χ0) is 13.5. The van der Waals surface area contributed by atoms with Gasteiger partial charge in [-0.3, -0.25) is 9.36 Å². The summed E-state index contributed by atoms with van der Waals surface area (Å²) in [6.45, 7) is -0.329. The van der Waals surface area contributed by atoms with Crippen molar-refractivity contribution >= 4 is 17.7 Å². The average Bonchev–Trinajstić information content (AvgIpc) is 2.62. The number of nitrogens with zero attached hydrogens (tertiary/aromatic N) is 2. The van der Waals surface area contributed by atoms with E-state index in [1.807, 2.05) is 5.40 Å². The monoisotopic (exact) mass is 271 g/mol. The van der Waals surface area contributed by atoms with Crippen LogP contribution in [0.1, 0.15) is 12.1 Å². The molecule has 7 nitrogen and oxygen atoms in total. The summed E-state index contributed by atoms with van der Waals surface area (Å²) in [5, 5.41) is 20.0. The molecule has 0 radical (unpaired) electrons. The molecule has 0 bridgehead atoms. The van der Waals surface area contributed by atoms with Crippen molar-refractivity contribution in [2.45, 2.75) is 19.4 Å². The summed E-state index contributed by atoms with van der Waals surface area (Å²) in [5.41, 5.74) is -0.191. The van der Waals surface area contributed by atoms with E-state index in [9.17, 15) is 14.7 Å². The average molecular weight is 271 g/mol. The van der Waals surface area contributed by atoms with Gasteiger partial charge in [0.05, 0.1) is 12.8 Å². The van der Waals surface area contributed by atoms with Gasteiger partial charge in [-0.15, -0.1) is 0 Å². The first-order valence-corrected chi connectivity index (χ1v) is 6.17. The van der Waals surface area contributed by atoms with E-state index in [4.69, 9.17) is 5.26 Å². The smallest absolute Gasteiger partial charge is 0.329 e. The van der Waals surface area contributed by atoms with Crippen LogP contribution in [-0.2, 0) is 22.5 Å². The number of imidazole rings is 1. The number of methoxy groups -OCH3 is 1. The van der Waals surface area contributed by atoms with Crippen LogP contribution in [0.15, 0.2) is 4.79 Å². The lowest BCUT2D eigenvalue weighted by atomic mass is 10.2. The normalized spacial score (nSPS) is 10.0. The third kappa shape index (κ3) is 3.56. The third-order valence-corrected chi connectivity index (χ3v) is 2.90. The van der Waals surface area contributed by atoms with Gasteiger partial charge in [0, 0.05) is 5.75 Å². The van der Waals surface area contributed by atoms with Crippen molar-refractivity contribution < 1.29 is 14.6 Å². The summed E-state index contributed by atoms with van der Waals surface area (Å²) < 4.78 is 5.34. The molecule has 8 heteroatoms. The maximum absolute atomic E-state index is 11.5. The molecule has 98 valence electrons. The molecule has 0 fully saturated rings. The van der Waals surface area contributed by atoms with Crippen LogP contribution in [0.5, 0.6) is 5.88 Å². The largest absolute Gasteiger partial charge is 0.493 e. The van der Waals surface area contributed by atoms with Gasteiger partial charge in [0.2, 0.25) is 5.88 Å². The van der Waals surface area contributed by atoms with Gasteiger partial charge in [0.25, 0.3) is 0 Å². The van der Waals surface area contributed by atoms with E-state index in [0.29, 0.717) is 24.3 Å². The lowest BCUT2D eigenvalue weighted by Gasteiger charge is -2.02. The van der Waals surface area contributed by atoms with Gasteiger partial charge in [0.15, 0.2) is 0 Å². The van der Waals surface area contributed by atoms with E-state index in [1.54, 1.807) is 0 Å². The van der Waals surface area contributed by atoms with E-state index in [0.717, 1.165) is 16.3 Å². The van der Waals surface area contributed by atoms with E-state index in [-0.39, 0.29) is 12.4 Å². The molecule has 1 aromatic heterocycles. The van der Waals surface area contributed by atoms with E-state index < -0.39 is 11.7 Å². The first-order valence-electron chi connectivity index (χ1n) is 5.18. The minimum atomic E-state index is -0.613. The molecule has 0 saturated heterocycles. The van der Waals surface area contributed by atoms with Crippen molar-refractivity contribution in [3.63, 3.8) is 0 Å². The van der Waals surface area contributed by atoms with E-state index >= 15 is 0 Å². The van der Waals surface area contributed by atoms with Gasteiger partial charge >= 0.3 is 11.7 Å². The second-order valence-electron chi connectivity index (χ2n) is 3.44. The number of carbonyl (C=O) groups excluding carboxylic acids is 1. The number of thiocyanates is 1. The maximum Gasteiger partial charge on any atom is 0.329 e. The maximum atomic E-state index is 11.5. The summed E-state index contributed by atoms with van der Waals surface area (Å²) in [6.07, 6.45) is 1.08. The first kappa shape index (κ1) is 14.2. The summed E-state index contributed by atoms with van der Waals surface area (Å²) in [7, 11) is 1.21. The number of nitriles is 1. The van der Waals surface area contributed by atoms with Gasteiger partial charge < -0.3 is 14.8 Å². The number of hydrogen-bond donors (Lipinski definition) is 2. The van der Waals surface area contributed by atoms with Crippen LogP contribution in [0.25, 0.3) is 0 Å². The molecule has 2 N–H and O–H groups in total. The highest BCUT2D eigenvalue weighted by molar-refractivity contribution is 8.03. The highest BCUT2D eigenvalue weighted by atomic mass is 32.2. The van der Waals surface area contributed by atoms with E-state index in [2.05, 4.69) is 9.72 Å². The van der Waals surface area contributed by atoms with Gasteiger partial charge in [-0.25, -0.2) is 4.79 Å². The Labute approximate surface area is 107 Å². The molecule has 0 aliphatic rings. The first-order chi connectivity index (χ1) is 8.60. The number of H-pyrrole nitrogens is 1. The molecule has 18 heavy (non-hydrogen) atoms. The molecule has 0 aromatic carbocycles. The summed E-state index contributed by atoms with van der Waals surface area (Å²) in [6, 6.07) is 0. The predicted octanol–water partition coefficient (Wildman–Crippen LogP) is 0.202. The zero-order valence-electron chi connectivity index (χ0n) is 9.80. The van der Waals surface area contributed by atoms with Crippen LogP contribution in [0.2, 0.25) is 0 Å². The fourth-order valence-corrected chi connectivity index (χ4v) is 1.77. The Morgan fingerprint density at radius 1 is 1.67 bits per heavy atom. The van der Waals surface area contributed by atoms with E-state index in [1.165, 1.54) is 7.11 Å². The van der Waals surface area contributed by atoms with Crippen LogP contribution in [0.4, 0.5) is 0 Å². The number of aromatic nitrogens is 2. The van der Waals surface area contributed by atoms with Crippen LogP contribution >= 0.6 is 11.8 Å². The van der Waals surface area contributed by atoms with Crippen LogP contribution in [-0.4, -0.2) is 33.5 Å². The quantitative estimate of drug-likeness (QED) is 0.435. The molecule has 1 rings (SSSR count). The van der Waals surface area contributed by atoms with Crippen molar-refractivity contribution in [2.24, 2.45) is 0 Å². The highest BCUT2D eigenvalue weighted by Crippen LogP contribution is 2.15. The number of ether oxygens (including phenoxy) is 1. The number of rotatable bonds is 6. The molecule has 0 saturated carbocycles. The number of thioether (sulfide) groups is 1. The second-order valence-corrected chi connectivity index (χ2v) is 4.32. The van der Waals surface area contributed by atoms with Crippen molar-refractivity contribution in [3.8, 4) is 11.3 Å². The molecular formula is C10H13N3O4S. The highest BCUT2D eigenvalue weighted by Gasteiger charge is 2.15. The molecular weight excluding hydrogens is 258 g/mol. The summed E-state index contributed by atoms with van der Waals surface area (Å²) in [4.78, 5) is 25.0. The number of carbonyl (C=O) groups is 1. The minimum absolute atomic E-state index is 0.257. The number of aromatic amines is 1. The molecule has 1 aromatic rings. The number of aromatic hydroxyl groups is 1. The molecule has 1 heterocycles. The number of esters is 1. The standard InChI is InChI=1S/C10H13N3O4S/c1-17-8(14)5-13-9(15)7(12-10(13)16)3-2-4-18-6-11/h15H,2-5H2,1H3,(H,12,16). The van der Waals surface area contributed by atoms with Gasteiger partial charge in [-0.2, -0.15) is 5.26 Å². The summed E-state index contributed by atoms with van der Waals surface area (Å²) in [5.74, 6) is -0.259. The minimum Gasteiger partial charge on any atom is -0.493 e. The predicted molar refractivity (Wildman–Crippen MR) is 65.1 cm³/mol. The fourth-order valence-electron chi connectivity index (χ4n) is 1.39. The summed E-state index contributed by atoms with van der Waals surface area (Å²) >= 11 is 1.11. The zero-order valence-corrected chi connectivity index (χ0v) is 10.6. The van der Waals surface area contributed by atoms with Gasteiger partial charge in [-0.1, -0.05) is 0 Å².